The van der Waals surface area contributed by atoms with Gasteiger partial charge in [-0.25, -0.2) is 0 Å². The van der Waals surface area contributed by atoms with Gasteiger partial charge in [-0.05, 0) is 36.5 Å². The normalized spacial score (nSPS) is 13.9. The van der Waals surface area contributed by atoms with Gasteiger partial charge in [-0.1, -0.05) is 24.8 Å². The van der Waals surface area contributed by atoms with Crippen molar-refractivity contribution in [3.63, 3.8) is 0 Å². The molecule has 1 aliphatic heterocycles. The van der Waals surface area contributed by atoms with Gasteiger partial charge in [0.1, 0.15) is 5.75 Å². The smallest absolute Gasteiger partial charge is 0.123 e. The molecule has 1 aromatic rings. The standard InChI is InChI=1S/C14H16O/c1-3-6-11-9-12(4-2)13-7-5-8-15-14(13)10-11/h3-4,9-10H,1-2,5-8H2. The fourth-order valence-electron chi connectivity index (χ4n) is 2.02. The maximum atomic E-state index is 5.67. The highest BCUT2D eigenvalue weighted by atomic mass is 16.5. The molecule has 0 atom stereocenters. The average molecular weight is 200 g/mol. The Morgan fingerprint density at radius 3 is 2.93 bits per heavy atom. The van der Waals surface area contributed by atoms with E-state index < -0.39 is 0 Å². The lowest BCUT2D eigenvalue weighted by Gasteiger charge is -2.20. The Kier molecular flexibility index (Phi) is 2.91. The zero-order chi connectivity index (χ0) is 10.7. The summed E-state index contributed by atoms with van der Waals surface area (Å²) in [5.74, 6) is 1.04. The van der Waals surface area contributed by atoms with Crippen LogP contribution in [0.2, 0.25) is 0 Å². The van der Waals surface area contributed by atoms with Crippen LogP contribution in [0.3, 0.4) is 0 Å². The van der Waals surface area contributed by atoms with Gasteiger partial charge in [0.15, 0.2) is 0 Å². The molecule has 1 aliphatic rings. The van der Waals surface area contributed by atoms with Gasteiger partial charge in [0.05, 0.1) is 6.61 Å². The molecule has 1 aromatic carbocycles. The van der Waals surface area contributed by atoms with Crippen LogP contribution in [0.15, 0.2) is 31.4 Å². The summed E-state index contributed by atoms with van der Waals surface area (Å²) in [6.07, 6.45) is 6.93. The highest BCUT2D eigenvalue weighted by Crippen LogP contribution is 2.30. The van der Waals surface area contributed by atoms with E-state index in [9.17, 15) is 0 Å². The Morgan fingerprint density at radius 2 is 2.20 bits per heavy atom. The van der Waals surface area contributed by atoms with Crippen LogP contribution in [0, 0.1) is 0 Å². The quantitative estimate of drug-likeness (QED) is 0.680. The first-order valence-corrected chi connectivity index (χ1v) is 5.37. The second kappa shape index (κ2) is 4.35. The van der Waals surface area contributed by atoms with Crippen molar-refractivity contribution < 1.29 is 4.74 Å². The van der Waals surface area contributed by atoms with Gasteiger partial charge in [-0.15, -0.1) is 6.58 Å². The zero-order valence-corrected chi connectivity index (χ0v) is 8.96. The van der Waals surface area contributed by atoms with Crippen LogP contribution in [0.5, 0.6) is 5.75 Å². The van der Waals surface area contributed by atoms with Gasteiger partial charge >= 0.3 is 0 Å². The molecule has 15 heavy (non-hydrogen) atoms. The highest BCUT2D eigenvalue weighted by Gasteiger charge is 2.13. The van der Waals surface area contributed by atoms with E-state index in [1.807, 2.05) is 12.2 Å². The lowest BCUT2D eigenvalue weighted by Crippen LogP contribution is -2.10. The third-order valence-electron chi connectivity index (χ3n) is 2.73. The molecule has 0 N–H and O–H groups in total. The minimum Gasteiger partial charge on any atom is -0.493 e. The molecular weight excluding hydrogens is 184 g/mol. The maximum Gasteiger partial charge on any atom is 0.123 e. The number of ether oxygens (including phenoxy) is 1. The number of benzene rings is 1. The molecule has 0 bridgehead atoms. The van der Waals surface area contributed by atoms with E-state index >= 15 is 0 Å². The first-order chi connectivity index (χ1) is 7.35. The molecule has 0 saturated carbocycles. The van der Waals surface area contributed by atoms with Gasteiger partial charge < -0.3 is 4.74 Å². The fourth-order valence-corrected chi connectivity index (χ4v) is 2.02. The summed E-state index contributed by atoms with van der Waals surface area (Å²) in [6, 6.07) is 4.31. The second-order valence-corrected chi connectivity index (χ2v) is 3.81. The van der Waals surface area contributed by atoms with Gasteiger partial charge in [-0.2, -0.15) is 0 Å². The predicted octanol–water partition coefficient (Wildman–Crippen LogP) is 3.38. The van der Waals surface area contributed by atoms with E-state index in [2.05, 4.69) is 25.3 Å². The summed E-state index contributed by atoms with van der Waals surface area (Å²) >= 11 is 0. The third-order valence-corrected chi connectivity index (χ3v) is 2.73. The highest BCUT2D eigenvalue weighted by molar-refractivity contribution is 5.59. The number of rotatable bonds is 3. The summed E-state index contributed by atoms with van der Waals surface area (Å²) in [4.78, 5) is 0. The molecule has 0 amide bonds. The molecule has 78 valence electrons. The summed E-state index contributed by atoms with van der Waals surface area (Å²) < 4.78 is 5.67. The van der Waals surface area contributed by atoms with E-state index in [4.69, 9.17) is 4.74 Å². The largest absolute Gasteiger partial charge is 0.493 e. The molecule has 0 aliphatic carbocycles. The molecule has 1 heterocycles. The van der Waals surface area contributed by atoms with Crippen molar-refractivity contribution in [3.8, 4) is 5.75 Å². The summed E-state index contributed by atoms with van der Waals surface area (Å²) in [5.41, 5.74) is 3.77. The number of allylic oxidation sites excluding steroid dienone is 1. The number of hydrogen-bond acceptors (Lipinski definition) is 1. The third kappa shape index (κ3) is 1.96. The first kappa shape index (κ1) is 10.0. The van der Waals surface area contributed by atoms with Crippen molar-refractivity contribution in [2.45, 2.75) is 19.3 Å². The molecule has 0 fully saturated rings. The Bertz CT molecular complexity index is 391. The molecule has 1 heteroatoms. The minimum atomic E-state index is 0.834. The number of hydrogen-bond donors (Lipinski definition) is 0. The van der Waals surface area contributed by atoms with E-state index in [0.29, 0.717) is 0 Å². The Labute approximate surface area is 91.1 Å². The summed E-state index contributed by atoms with van der Waals surface area (Å²) in [6.45, 7) is 8.45. The minimum absolute atomic E-state index is 0.834. The molecule has 0 aromatic heterocycles. The van der Waals surface area contributed by atoms with E-state index in [0.717, 1.165) is 31.6 Å². The van der Waals surface area contributed by atoms with Crippen molar-refractivity contribution in [3.05, 3.63) is 48.1 Å². The van der Waals surface area contributed by atoms with Crippen LogP contribution in [0.4, 0.5) is 0 Å². The van der Waals surface area contributed by atoms with Crippen LogP contribution >= 0.6 is 0 Å². The molecule has 0 saturated heterocycles. The van der Waals surface area contributed by atoms with Gasteiger partial charge in [0.2, 0.25) is 0 Å². The van der Waals surface area contributed by atoms with Gasteiger partial charge in [0.25, 0.3) is 0 Å². The molecule has 0 radical (unpaired) electrons. The first-order valence-electron chi connectivity index (χ1n) is 5.37. The Morgan fingerprint density at radius 1 is 1.33 bits per heavy atom. The monoisotopic (exact) mass is 200 g/mol. The van der Waals surface area contributed by atoms with Crippen molar-refractivity contribution >= 4 is 6.08 Å². The molecule has 0 unspecified atom stereocenters. The van der Waals surface area contributed by atoms with Crippen molar-refractivity contribution in [2.75, 3.05) is 6.61 Å². The van der Waals surface area contributed by atoms with Gasteiger partial charge in [0, 0.05) is 5.56 Å². The van der Waals surface area contributed by atoms with Crippen molar-refractivity contribution in [1.29, 1.82) is 0 Å². The van der Waals surface area contributed by atoms with Crippen LogP contribution in [0.25, 0.3) is 6.08 Å². The number of fused-ring (bicyclic) bond motifs is 1. The molecule has 0 spiro atoms. The Hall–Kier alpha value is -1.50. The maximum absolute atomic E-state index is 5.67. The van der Waals surface area contributed by atoms with Crippen LogP contribution in [0.1, 0.15) is 23.1 Å². The SMILES string of the molecule is C=CCc1cc(C=C)c2c(c1)OCCC2. The Balaban J connectivity index is 2.47. The zero-order valence-electron chi connectivity index (χ0n) is 8.96. The predicted molar refractivity (Wildman–Crippen MR) is 64.3 cm³/mol. The van der Waals surface area contributed by atoms with Crippen LogP contribution in [-0.4, -0.2) is 6.61 Å². The lowest BCUT2D eigenvalue weighted by atomic mass is 9.96. The molecule has 2 rings (SSSR count). The molecular formula is C14H16O. The average Bonchev–Trinajstić information content (AvgIpc) is 2.28. The summed E-state index contributed by atoms with van der Waals surface area (Å²) in [5, 5.41) is 0. The van der Waals surface area contributed by atoms with Crippen LogP contribution in [-0.2, 0) is 12.8 Å². The summed E-state index contributed by atoms with van der Waals surface area (Å²) in [7, 11) is 0. The van der Waals surface area contributed by atoms with Crippen LogP contribution < -0.4 is 4.74 Å². The van der Waals surface area contributed by atoms with E-state index in [1.54, 1.807) is 0 Å². The second-order valence-electron chi connectivity index (χ2n) is 3.81. The fraction of sp³-hybridized carbons (Fsp3) is 0.286. The lowest BCUT2D eigenvalue weighted by molar-refractivity contribution is 0.288. The topological polar surface area (TPSA) is 9.23 Å². The van der Waals surface area contributed by atoms with Crippen molar-refractivity contribution in [1.82, 2.24) is 0 Å². The van der Waals surface area contributed by atoms with E-state index in [-0.39, 0.29) is 0 Å². The van der Waals surface area contributed by atoms with Gasteiger partial charge in [-0.3, -0.25) is 0 Å². The van der Waals surface area contributed by atoms with Crippen molar-refractivity contribution in [2.24, 2.45) is 0 Å². The molecule has 1 nitrogen and oxygen atoms in total. The van der Waals surface area contributed by atoms with E-state index in [1.165, 1.54) is 16.7 Å².